The molecule has 0 saturated heterocycles. The first kappa shape index (κ1) is 29.5. The number of hydrogen-bond acceptors (Lipinski definition) is 2. The Bertz CT molecular complexity index is 624. The zero-order chi connectivity index (χ0) is 19.5. The molecule has 0 aliphatic heterocycles. The molecule has 0 aliphatic carbocycles. The molecule has 0 aromatic heterocycles. The minimum Gasteiger partial charge on any atom is -1.00 e. The lowest BCUT2D eigenvalue weighted by atomic mass is 10.3. The summed E-state index contributed by atoms with van der Waals surface area (Å²) in [6.07, 6.45) is 0. The fourth-order valence-electron chi connectivity index (χ4n) is 1.78. The second-order valence-corrected chi connectivity index (χ2v) is 7.55. The van der Waals surface area contributed by atoms with Crippen LogP contribution in [-0.4, -0.2) is 76.5 Å². The summed E-state index contributed by atoms with van der Waals surface area (Å²) >= 11 is 0. The molecule has 0 amide bonds. The maximum atomic E-state index is 5.76. The van der Waals surface area contributed by atoms with E-state index in [2.05, 4.69) is 65.7 Å². The van der Waals surface area contributed by atoms with Gasteiger partial charge in [0, 0.05) is 0 Å². The molecule has 28 heavy (non-hydrogen) atoms. The van der Waals surface area contributed by atoms with Crippen LogP contribution >= 0.6 is 0 Å². The Kier molecular flexibility index (Phi) is 16.0. The summed E-state index contributed by atoms with van der Waals surface area (Å²) in [5.41, 5.74) is 0. The second-order valence-electron chi connectivity index (χ2n) is 7.55. The van der Waals surface area contributed by atoms with Crippen molar-refractivity contribution in [2.75, 3.05) is 67.6 Å². The van der Waals surface area contributed by atoms with E-state index in [4.69, 9.17) is 9.47 Å². The Balaban J connectivity index is 0. The van der Waals surface area contributed by atoms with Crippen LogP contribution in [0.1, 0.15) is 13.8 Å². The lowest BCUT2D eigenvalue weighted by molar-refractivity contribution is -0.881. The van der Waals surface area contributed by atoms with Crippen molar-refractivity contribution in [2.45, 2.75) is 13.8 Å². The molecule has 0 radical (unpaired) electrons. The Labute approximate surface area is 206 Å². The van der Waals surface area contributed by atoms with Gasteiger partial charge >= 0.3 is 0 Å². The van der Waals surface area contributed by atoms with Gasteiger partial charge in [0.2, 0.25) is 0 Å². The van der Waals surface area contributed by atoms with E-state index in [0.29, 0.717) is 24.7 Å². The molecule has 1 aromatic carbocycles. The predicted molar refractivity (Wildman–Crippen MR) is 108 cm³/mol. The van der Waals surface area contributed by atoms with Crippen molar-refractivity contribution in [2.24, 2.45) is 0 Å². The highest BCUT2D eigenvalue weighted by Crippen LogP contribution is 2.26. The van der Waals surface area contributed by atoms with Crippen LogP contribution in [0.5, 0.6) is 11.5 Å². The molecule has 4 nitrogen and oxygen atoms in total. The van der Waals surface area contributed by atoms with Gasteiger partial charge in [0.05, 0.1) is 41.3 Å². The number of para-hydroxylation sites is 2. The molecular formula is C22H34I2N2O2. The van der Waals surface area contributed by atoms with Gasteiger partial charge < -0.3 is 66.4 Å². The number of benzene rings is 1. The van der Waals surface area contributed by atoms with Crippen LogP contribution in [-0.2, 0) is 0 Å². The molecule has 0 saturated carbocycles. The van der Waals surface area contributed by atoms with Gasteiger partial charge in [-0.25, -0.2) is 0 Å². The summed E-state index contributed by atoms with van der Waals surface area (Å²) in [5, 5.41) is 0. The SMILES string of the molecule is CC[N+](C)(C)CC#CCOc1ccccc1OCC#CC[N+](C)(C)CC.[I-].[I-]. The molecule has 0 spiro atoms. The molecule has 0 atom stereocenters. The van der Waals surface area contributed by atoms with Crippen LogP contribution in [0, 0.1) is 23.7 Å². The summed E-state index contributed by atoms with van der Waals surface area (Å²) in [7, 11) is 8.67. The van der Waals surface area contributed by atoms with Crippen molar-refractivity contribution >= 4 is 0 Å². The highest BCUT2D eigenvalue weighted by Gasteiger charge is 2.09. The standard InChI is InChI=1S/C22H34N2O2.2HI/c1-7-23(3,4)17-11-13-19-25-21-15-9-10-16-22(21)26-20-14-12-18-24(5,6)8-2;;/h9-10,15-16H,7-8,17-20H2,1-6H3;2*1H/q+2;;/p-2. The summed E-state index contributed by atoms with van der Waals surface area (Å²) in [6, 6.07) is 7.65. The molecule has 0 fully saturated rings. The first-order valence-electron chi connectivity index (χ1n) is 9.20. The number of rotatable bonds is 8. The van der Waals surface area contributed by atoms with Gasteiger partial charge in [0.1, 0.15) is 26.3 Å². The smallest absolute Gasteiger partial charge is 0.162 e. The second kappa shape index (κ2) is 15.2. The van der Waals surface area contributed by atoms with E-state index in [0.717, 1.165) is 35.1 Å². The monoisotopic (exact) mass is 612 g/mol. The van der Waals surface area contributed by atoms with E-state index in [1.807, 2.05) is 24.3 Å². The maximum Gasteiger partial charge on any atom is 0.162 e. The largest absolute Gasteiger partial charge is 1.00 e. The van der Waals surface area contributed by atoms with Crippen LogP contribution in [0.15, 0.2) is 24.3 Å². The lowest BCUT2D eigenvalue weighted by Gasteiger charge is -2.25. The van der Waals surface area contributed by atoms with Crippen LogP contribution in [0.3, 0.4) is 0 Å². The third-order valence-corrected chi connectivity index (χ3v) is 4.43. The lowest BCUT2D eigenvalue weighted by Crippen LogP contribution is -3.00. The number of hydrogen-bond donors (Lipinski definition) is 0. The zero-order valence-electron chi connectivity index (χ0n) is 18.0. The average molecular weight is 612 g/mol. The van der Waals surface area contributed by atoms with E-state index in [1.165, 1.54) is 0 Å². The van der Waals surface area contributed by atoms with E-state index in [1.54, 1.807) is 0 Å². The molecule has 0 N–H and O–H groups in total. The number of ether oxygens (including phenoxy) is 2. The minimum absolute atomic E-state index is 0. The van der Waals surface area contributed by atoms with Gasteiger partial charge in [0.25, 0.3) is 0 Å². The topological polar surface area (TPSA) is 18.5 Å². The van der Waals surface area contributed by atoms with Crippen LogP contribution in [0.25, 0.3) is 0 Å². The maximum absolute atomic E-state index is 5.76. The normalized spacial score (nSPS) is 10.2. The summed E-state index contributed by atoms with van der Waals surface area (Å²) < 4.78 is 13.3. The quantitative estimate of drug-likeness (QED) is 0.174. The summed E-state index contributed by atoms with van der Waals surface area (Å²) in [5.74, 6) is 13.9. The van der Waals surface area contributed by atoms with Gasteiger partial charge in [-0.05, 0) is 37.8 Å². The number of quaternary nitrogens is 2. The van der Waals surface area contributed by atoms with Crippen LogP contribution in [0.2, 0.25) is 0 Å². The van der Waals surface area contributed by atoms with Gasteiger partial charge in [-0.2, -0.15) is 0 Å². The van der Waals surface area contributed by atoms with Crippen molar-refractivity contribution in [3.8, 4) is 35.2 Å². The molecule has 158 valence electrons. The Morgan fingerprint density at radius 2 is 1.04 bits per heavy atom. The van der Waals surface area contributed by atoms with E-state index in [-0.39, 0.29) is 48.0 Å². The van der Waals surface area contributed by atoms with Crippen molar-refractivity contribution in [3.63, 3.8) is 0 Å². The highest BCUT2D eigenvalue weighted by atomic mass is 127. The third kappa shape index (κ3) is 12.7. The van der Waals surface area contributed by atoms with Crippen LogP contribution < -0.4 is 57.4 Å². The molecular weight excluding hydrogens is 578 g/mol. The van der Waals surface area contributed by atoms with Crippen molar-refractivity contribution in [1.29, 1.82) is 0 Å². The fraction of sp³-hybridized carbons (Fsp3) is 0.545. The average Bonchev–Trinajstić information content (AvgIpc) is 2.62. The number of halogens is 2. The highest BCUT2D eigenvalue weighted by molar-refractivity contribution is 5.40. The minimum atomic E-state index is 0. The third-order valence-electron chi connectivity index (χ3n) is 4.43. The molecule has 0 heterocycles. The first-order valence-corrected chi connectivity index (χ1v) is 9.20. The van der Waals surface area contributed by atoms with Crippen molar-refractivity contribution < 1.29 is 66.4 Å². The first-order chi connectivity index (χ1) is 12.3. The van der Waals surface area contributed by atoms with E-state index >= 15 is 0 Å². The Morgan fingerprint density at radius 3 is 1.36 bits per heavy atom. The van der Waals surface area contributed by atoms with Gasteiger partial charge in [-0.3, -0.25) is 0 Å². The zero-order valence-corrected chi connectivity index (χ0v) is 22.3. The Morgan fingerprint density at radius 1 is 0.679 bits per heavy atom. The van der Waals surface area contributed by atoms with E-state index < -0.39 is 0 Å². The van der Waals surface area contributed by atoms with Gasteiger partial charge in [-0.15, -0.1) is 0 Å². The molecule has 6 heteroatoms. The van der Waals surface area contributed by atoms with Gasteiger partial charge in [-0.1, -0.05) is 24.0 Å². The summed E-state index contributed by atoms with van der Waals surface area (Å²) in [6.45, 7) is 8.80. The van der Waals surface area contributed by atoms with E-state index in [9.17, 15) is 0 Å². The number of nitrogens with zero attached hydrogens (tertiary/aromatic N) is 2. The molecule has 0 aliphatic rings. The molecule has 1 rings (SSSR count). The van der Waals surface area contributed by atoms with Crippen molar-refractivity contribution in [3.05, 3.63) is 24.3 Å². The molecule has 0 bridgehead atoms. The van der Waals surface area contributed by atoms with Crippen LogP contribution in [0.4, 0.5) is 0 Å². The Hall–Kier alpha value is -0.680. The molecule has 1 aromatic rings. The van der Waals surface area contributed by atoms with Gasteiger partial charge in [0.15, 0.2) is 11.5 Å². The summed E-state index contributed by atoms with van der Waals surface area (Å²) in [4.78, 5) is 0. The fourth-order valence-corrected chi connectivity index (χ4v) is 1.78. The molecule has 0 unspecified atom stereocenters. The predicted octanol–water partition coefficient (Wildman–Crippen LogP) is -3.35. The van der Waals surface area contributed by atoms with Crippen molar-refractivity contribution in [1.82, 2.24) is 0 Å².